The van der Waals surface area contributed by atoms with E-state index in [2.05, 4.69) is 11.0 Å². The van der Waals surface area contributed by atoms with E-state index in [1.54, 1.807) is 0 Å². The Kier molecular flexibility index (Phi) is 3.54. The van der Waals surface area contributed by atoms with Crippen molar-refractivity contribution >= 4 is 12.0 Å². The Balaban J connectivity index is 1.96. The maximum atomic E-state index is 11.4. The van der Waals surface area contributed by atoms with Crippen LogP contribution < -0.4 is 5.73 Å². The zero-order valence-electron chi connectivity index (χ0n) is 12.8. The van der Waals surface area contributed by atoms with Gasteiger partial charge in [0.05, 0.1) is 11.6 Å². The number of nitrogens with two attached hydrogens (primary N) is 1. The van der Waals surface area contributed by atoms with Crippen molar-refractivity contribution in [3.63, 3.8) is 0 Å². The van der Waals surface area contributed by atoms with Crippen LogP contribution in [0, 0.1) is 0 Å². The van der Waals surface area contributed by atoms with Gasteiger partial charge in [-0.3, -0.25) is 4.90 Å². The molecule has 1 saturated carbocycles. The molecule has 0 amide bonds. The van der Waals surface area contributed by atoms with Crippen LogP contribution in [-0.4, -0.2) is 28.9 Å². The number of anilines is 1. The minimum Gasteiger partial charge on any atom is -0.398 e. The summed E-state index contributed by atoms with van der Waals surface area (Å²) in [5, 5.41) is 10.1. The van der Waals surface area contributed by atoms with Crippen molar-refractivity contribution < 1.29 is 9.90 Å². The molecular weight excluding hydrogens is 264 g/mol. The van der Waals surface area contributed by atoms with Crippen LogP contribution in [0.4, 0.5) is 5.69 Å². The first-order valence-electron chi connectivity index (χ1n) is 7.72. The fraction of sp³-hybridized carbons (Fsp3) is 0.588. The largest absolute Gasteiger partial charge is 0.398 e. The van der Waals surface area contributed by atoms with Gasteiger partial charge in [0, 0.05) is 17.8 Å². The van der Waals surface area contributed by atoms with Crippen LogP contribution in [0.1, 0.15) is 61.3 Å². The molecule has 3 N–H and O–H groups in total. The molecule has 4 heteroatoms. The van der Waals surface area contributed by atoms with Gasteiger partial charge in [-0.25, -0.2) is 0 Å². The summed E-state index contributed by atoms with van der Waals surface area (Å²) in [5.41, 5.74) is 9.88. The average molecular weight is 288 g/mol. The van der Waals surface area contributed by atoms with E-state index in [0.717, 1.165) is 49.8 Å². The summed E-state index contributed by atoms with van der Waals surface area (Å²) < 4.78 is 0. The number of rotatable bonds is 2. The Bertz CT molecular complexity index is 558. The summed E-state index contributed by atoms with van der Waals surface area (Å²) in [6, 6.07) is 3.85. The topological polar surface area (TPSA) is 66.6 Å². The Morgan fingerprint density at radius 3 is 2.67 bits per heavy atom. The molecular formula is C17H24N2O2. The first-order chi connectivity index (χ1) is 9.93. The SMILES string of the molecule is CN1Cc2c(C3CCC(C)(O)CC3)ccc(N)c2C1C=O. The van der Waals surface area contributed by atoms with E-state index in [1.807, 2.05) is 20.0 Å². The maximum Gasteiger partial charge on any atom is 0.141 e. The minimum atomic E-state index is -0.518. The molecule has 1 aromatic rings. The summed E-state index contributed by atoms with van der Waals surface area (Å²) in [5.74, 6) is 0.471. The van der Waals surface area contributed by atoms with Crippen molar-refractivity contribution in [2.75, 3.05) is 12.8 Å². The number of aliphatic hydroxyl groups is 1. The van der Waals surface area contributed by atoms with E-state index in [4.69, 9.17) is 5.73 Å². The van der Waals surface area contributed by atoms with Gasteiger partial charge in [0.1, 0.15) is 6.29 Å². The number of carbonyl (C=O) groups is 1. The highest BCUT2D eigenvalue weighted by molar-refractivity contribution is 5.71. The van der Waals surface area contributed by atoms with Gasteiger partial charge < -0.3 is 15.6 Å². The number of nitrogen functional groups attached to an aromatic ring is 1. The smallest absolute Gasteiger partial charge is 0.141 e. The van der Waals surface area contributed by atoms with Gasteiger partial charge in [0.15, 0.2) is 0 Å². The number of benzene rings is 1. The molecule has 1 heterocycles. The summed E-state index contributed by atoms with van der Waals surface area (Å²) in [6.07, 6.45) is 4.66. The molecule has 1 aromatic carbocycles. The molecule has 1 unspecified atom stereocenters. The number of likely N-dealkylation sites (N-methyl/N-ethyl adjacent to an activating group) is 1. The number of aldehydes is 1. The van der Waals surface area contributed by atoms with Crippen LogP contribution in [0.3, 0.4) is 0 Å². The molecule has 1 aliphatic carbocycles. The molecule has 0 aromatic heterocycles. The average Bonchev–Trinajstić information content (AvgIpc) is 2.77. The lowest BCUT2D eigenvalue weighted by Gasteiger charge is -2.34. The quantitative estimate of drug-likeness (QED) is 0.647. The predicted molar refractivity (Wildman–Crippen MR) is 83.0 cm³/mol. The molecule has 0 spiro atoms. The Labute approximate surface area is 125 Å². The van der Waals surface area contributed by atoms with E-state index in [1.165, 1.54) is 11.1 Å². The molecule has 0 saturated heterocycles. The van der Waals surface area contributed by atoms with Gasteiger partial charge in [-0.15, -0.1) is 0 Å². The van der Waals surface area contributed by atoms with Crippen LogP contribution in [0.2, 0.25) is 0 Å². The molecule has 1 atom stereocenters. The Morgan fingerprint density at radius 2 is 2.05 bits per heavy atom. The summed E-state index contributed by atoms with van der Waals surface area (Å²) in [7, 11) is 1.97. The lowest BCUT2D eigenvalue weighted by atomic mass is 9.75. The van der Waals surface area contributed by atoms with Crippen molar-refractivity contribution in [1.29, 1.82) is 0 Å². The number of fused-ring (bicyclic) bond motifs is 1. The molecule has 3 rings (SSSR count). The Morgan fingerprint density at radius 1 is 1.38 bits per heavy atom. The zero-order valence-corrected chi connectivity index (χ0v) is 12.8. The van der Waals surface area contributed by atoms with E-state index in [-0.39, 0.29) is 6.04 Å². The summed E-state index contributed by atoms with van der Waals surface area (Å²) in [4.78, 5) is 13.4. The van der Waals surface area contributed by atoms with Crippen molar-refractivity contribution in [1.82, 2.24) is 4.90 Å². The van der Waals surface area contributed by atoms with E-state index in [9.17, 15) is 9.90 Å². The fourth-order valence-corrected chi connectivity index (χ4v) is 3.90. The molecule has 1 aliphatic heterocycles. The third kappa shape index (κ3) is 2.47. The lowest BCUT2D eigenvalue weighted by molar-refractivity contribution is -0.111. The molecule has 1 fully saturated rings. The number of carbonyl (C=O) groups excluding carboxylic acids is 1. The molecule has 2 aliphatic rings. The van der Waals surface area contributed by atoms with Crippen LogP contribution >= 0.6 is 0 Å². The monoisotopic (exact) mass is 288 g/mol. The van der Waals surface area contributed by atoms with Gasteiger partial charge in [-0.05, 0) is 62.8 Å². The van der Waals surface area contributed by atoms with Crippen molar-refractivity contribution in [2.45, 2.75) is 56.7 Å². The summed E-state index contributed by atoms with van der Waals surface area (Å²) in [6.45, 7) is 2.71. The van der Waals surface area contributed by atoms with Gasteiger partial charge in [-0.2, -0.15) is 0 Å². The van der Waals surface area contributed by atoms with Crippen LogP contribution in [-0.2, 0) is 11.3 Å². The predicted octanol–water partition coefficient (Wildman–Crippen LogP) is 2.36. The number of nitrogens with zero attached hydrogens (tertiary/aromatic N) is 1. The van der Waals surface area contributed by atoms with Gasteiger partial charge in [0.2, 0.25) is 0 Å². The molecule has 21 heavy (non-hydrogen) atoms. The minimum absolute atomic E-state index is 0.216. The number of hydrogen-bond donors (Lipinski definition) is 2. The van der Waals surface area contributed by atoms with Crippen LogP contribution in [0.15, 0.2) is 12.1 Å². The zero-order chi connectivity index (χ0) is 15.2. The van der Waals surface area contributed by atoms with Crippen molar-refractivity contribution in [3.05, 3.63) is 28.8 Å². The third-order valence-electron chi connectivity index (χ3n) is 5.24. The van der Waals surface area contributed by atoms with Gasteiger partial charge in [0.25, 0.3) is 0 Å². The van der Waals surface area contributed by atoms with E-state index < -0.39 is 5.60 Å². The number of hydrogen-bond acceptors (Lipinski definition) is 4. The highest BCUT2D eigenvalue weighted by Gasteiger charge is 2.35. The molecule has 114 valence electrons. The van der Waals surface area contributed by atoms with E-state index in [0.29, 0.717) is 5.92 Å². The second kappa shape index (κ2) is 5.11. The highest BCUT2D eigenvalue weighted by atomic mass is 16.3. The normalized spacial score (nSPS) is 32.9. The van der Waals surface area contributed by atoms with Crippen LogP contribution in [0.5, 0.6) is 0 Å². The molecule has 0 bridgehead atoms. The van der Waals surface area contributed by atoms with Crippen LogP contribution in [0.25, 0.3) is 0 Å². The first kappa shape index (κ1) is 14.5. The highest BCUT2D eigenvalue weighted by Crippen LogP contribution is 2.44. The van der Waals surface area contributed by atoms with Crippen molar-refractivity contribution in [3.8, 4) is 0 Å². The lowest BCUT2D eigenvalue weighted by Crippen LogP contribution is -2.29. The Hall–Kier alpha value is -1.39. The standard InChI is InChI=1S/C17H24N2O2/c1-17(21)7-5-11(6-8-17)12-3-4-14(18)16-13(12)9-19(2)15(16)10-20/h3-4,10-11,15,21H,5-9,18H2,1-2H3. The van der Waals surface area contributed by atoms with Crippen molar-refractivity contribution in [2.24, 2.45) is 0 Å². The molecule has 0 radical (unpaired) electrons. The second-order valence-corrected chi connectivity index (χ2v) is 6.90. The molecule has 4 nitrogen and oxygen atoms in total. The van der Waals surface area contributed by atoms with E-state index >= 15 is 0 Å². The first-order valence-corrected chi connectivity index (χ1v) is 7.72. The van der Waals surface area contributed by atoms with Gasteiger partial charge >= 0.3 is 0 Å². The second-order valence-electron chi connectivity index (χ2n) is 6.90. The third-order valence-corrected chi connectivity index (χ3v) is 5.24. The maximum absolute atomic E-state index is 11.4. The summed E-state index contributed by atoms with van der Waals surface area (Å²) >= 11 is 0. The fourth-order valence-electron chi connectivity index (χ4n) is 3.90. The van der Waals surface area contributed by atoms with Gasteiger partial charge in [-0.1, -0.05) is 6.07 Å².